The fourth-order valence-electron chi connectivity index (χ4n) is 1.54. The molecule has 10 heavy (non-hydrogen) atoms. The second-order valence-corrected chi connectivity index (χ2v) is 2.83. The quantitative estimate of drug-likeness (QED) is 0.544. The topological polar surface area (TPSA) is 0 Å². The van der Waals surface area contributed by atoms with Crippen LogP contribution in [0.15, 0.2) is 36.5 Å². The minimum atomic E-state index is 0.700. The first-order valence-electron chi connectivity index (χ1n) is 3.77. The Kier molecular flexibility index (Phi) is 2.10. The average molecular weight is 134 g/mol. The summed E-state index contributed by atoms with van der Waals surface area (Å²) in [5.41, 5.74) is 2.79. The van der Waals surface area contributed by atoms with E-state index < -0.39 is 0 Å². The molecule has 0 aromatic rings. The van der Waals surface area contributed by atoms with Crippen molar-refractivity contribution in [3.63, 3.8) is 0 Å². The van der Waals surface area contributed by atoms with Crippen LogP contribution in [0, 0.1) is 5.92 Å². The Morgan fingerprint density at radius 3 is 2.50 bits per heavy atom. The molecule has 0 heteroatoms. The summed E-state index contributed by atoms with van der Waals surface area (Å²) in [5, 5.41) is 0. The molecule has 0 heterocycles. The van der Waals surface area contributed by atoms with Crippen LogP contribution in [0.25, 0.3) is 0 Å². The zero-order valence-electron chi connectivity index (χ0n) is 6.56. The summed E-state index contributed by atoms with van der Waals surface area (Å²) in [7, 11) is 0. The molecule has 1 aliphatic rings. The van der Waals surface area contributed by atoms with Crippen LogP contribution in [-0.2, 0) is 0 Å². The highest BCUT2D eigenvalue weighted by molar-refractivity contribution is 5.36. The Labute approximate surface area is 62.9 Å². The molecule has 1 aliphatic carbocycles. The highest BCUT2D eigenvalue weighted by Gasteiger charge is 2.16. The van der Waals surface area contributed by atoms with Gasteiger partial charge in [0.25, 0.3) is 0 Å². The van der Waals surface area contributed by atoms with Gasteiger partial charge in [0, 0.05) is 0 Å². The number of hydrogen-bond donors (Lipinski definition) is 0. The van der Waals surface area contributed by atoms with Gasteiger partial charge in [0.15, 0.2) is 0 Å². The van der Waals surface area contributed by atoms with Crippen LogP contribution in [0.3, 0.4) is 0 Å². The third-order valence-electron chi connectivity index (χ3n) is 2.21. The standard InChI is InChI=1S/C10H14/c1-4-9-7-6-8(3)10(9)5-2/h4-5,8H,1-2,6-7H2,3H3. The molecule has 0 bridgehead atoms. The first-order valence-corrected chi connectivity index (χ1v) is 3.77. The zero-order valence-corrected chi connectivity index (χ0v) is 6.56. The van der Waals surface area contributed by atoms with E-state index in [0.717, 1.165) is 0 Å². The van der Waals surface area contributed by atoms with Crippen LogP contribution in [0.4, 0.5) is 0 Å². The molecule has 0 fully saturated rings. The molecule has 1 atom stereocenters. The van der Waals surface area contributed by atoms with Gasteiger partial charge >= 0.3 is 0 Å². The summed E-state index contributed by atoms with van der Waals surface area (Å²) < 4.78 is 0. The predicted octanol–water partition coefficient (Wildman–Crippen LogP) is 3.08. The van der Waals surface area contributed by atoms with E-state index in [9.17, 15) is 0 Å². The molecule has 54 valence electrons. The van der Waals surface area contributed by atoms with E-state index >= 15 is 0 Å². The van der Waals surface area contributed by atoms with Gasteiger partial charge in [-0.1, -0.05) is 32.2 Å². The normalized spacial score (nSPS) is 25.1. The summed E-state index contributed by atoms with van der Waals surface area (Å²) in [6, 6.07) is 0. The third kappa shape index (κ3) is 1.06. The van der Waals surface area contributed by atoms with Crippen molar-refractivity contribution < 1.29 is 0 Å². The Morgan fingerprint density at radius 2 is 2.10 bits per heavy atom. The van der Waals surface area contributed by atoms with Gasteiger partial charge in [-0.3, -0.25) is 0 Å². The van der Waals surface area contributed by atoms with Crippen molar-refractivity contribution in [3.8, 4) is 0 Å². The summed E-state index contributed by atoms with van der Waals surface area (Å²) in [6.07, 6.45) is 6.38. The maximum Gasteiger partial charge on any atom is -0.0185 e. The van der Waals surface area contributed by atoms with E-state index in [0.29, 0.717) is 5.92 Å². The van der Waals surface area contributed by atoms with Gasteiger partial charge in [0.1, 0.15) is 0 Å². The molecular weight excluding hydrogens is 120 g/mol. The highest BCUT2D eigenvalue weighted by Crippen LogP contribution is 2.32. The maximum atomic E-state index is 3.79. The second-order valence-electron chi connectivity index (χ2n) is 2.83. The molecule has 0 N–H and O–H groups in total. The Morgan fingerprint density at radius 1 is 1.40 bits per heavy atom. The van der Waals surface area contributed by atoms with E-state index in [1.54, 1.807) is 0 Å². The lowest BCUT2D eigenvalue weighted by Crippen LogP contribution is -1.88. The Hall–Kier alpha value is -0.780. The van der Waals surface area contributed by atoms with Crippen LogP contribution in [0.2, 0.25) is 0 Å². The largest absolute Gasteiger partial charge is 0.0988 e. The molecule has 1 rings (SSSR count). The highest BCUT2D eigenvalue weighted by atomic mass is 14.2. The van der Waals surface area contributed by atoms with Crippen LogP contribution in [0.1, 0.15) is 19.8 Å². The SMILES string of the molecule is C=CC1=C(C=C)C(C)CC1. The Bertz CT molecular complexity index is 184. The van der Waals surface area contributed by atoms with E-state index in [2.05, 4.69) is 20.1 Å². The van der Waals surface area contributed by atoms with Crippen molar-refractivity contribution in [3.05, 3.63) is 36.5 Å². The van der Waals surface area contributed by atoms with Gasteiger partial charge in [-0.05, 0) is 29.9 Å². The zero-order chi connectivity index (χ0) is 7.56. The molecule has 0 aromatic heterocycles. The predicted molar refractivity (Wildman–Crippen MR) is 45.8 cm³/mol. The van der Waals surface area contributed by atoms with Crippen molar-refractivity contribution in [2.75, 3.05) is 0 Å². The summed E-state index contributed by atoms with van der Waals surface area (Å²) in [4.78, 5) is 0. The van der Waals surface area contributed by atoms with Crippen LogP contribution >= 0.6 is 0 Å². The number of allylic oxidation sites excluding steroid dienone is 4. The molecule has 0 aromatic carbocycles. The number of rotatable bonds is 2. The van der Waals surface area contributed by atoms with Crippen LogP contribution in [0.5, 0.6) is 0 Å². The van der Waals surface area contributed by atoms with Gasteiger partial charge < -0.3 is 0 Å². The molecule has 0 aliphatic heterocycles. The second kappa shape index (κ2) is 2.87. The summed E-state index contributed by atoms with van der Waals surface area (Å²) in [6.45, 7) is 9.80. The minimum Gasteiger partial charge on any atom is -0.0988 e. The van der Waals surface area contributed by atoms with E-state index in [4.69, 9.17) is 0 Å². The first-order chi connectivity index (χ1) is 4.79. The summed E-state index contributed by atoms with van der Waals surface area (Å²) >= 11 is 0. The molecular formula is C10H14. The Balaban J connectivity index is 2.91. The van der Waals surface area contributed by atoms with Crippen molar-refractivity contribution in [1.82, 2.24) is 0 Å². The van der Waals surface area contributed by atoms with Gasteiger partial charge in [-0.25, -0.2) is 0 Å². The van der Waals surface area contributed by atoms with Crippen molar-refractivity contribution in [2.24, 2.45) is 5.92 Å². The average Bonchev–Trinajstić information content (AvgIpc) is 2.30. The lowest BCUT2D eigenvalue weighted by atomic mass is 10.0. The smallest absolute Gasteiger partial charge is 0.0185 e. The fourth-order valence-corrected chi connectivity index (χ4v) is 1.54. The molecule has 0 amide bonds. The van der Waals surface area contributed by atoms with E-state index in [1.807, 2.05) is 12.2 Å². The fraction of sp³-hybridized carbons (Fsp3) is 0.400. The molecule has 0 nitrogen and oxygen atoms in total. The first kappa shape index (κ1) is 7.33. The van der Waals surface area contributed by atoms with Crippen molar-refractivity contribution in [1.29, 1.82) is 0 Å². The molecule has 0 saturated heterocycles. The van der Waals surface area contributed by atoms with Gasteiger partial charge in [0.2, 0.25) is 0 Å². The van der Waals surface area contributed by atoms with Crippen molar-refractivity contribution >= 4 is 0 Å². The van der Waals surface area contributed by atoms with Gasteiger partial charge in [-0.2, -0.15) is 0 Å². The molecule has 0 radical (unpaired) electrons. The van der Waals surface area contributed by atoms with Gasteiger partial charge in [-0.15, -0.1) is 0 Å². The lowest BCUT2D eigenvalue weighted by molar-refractivity contribution is 0.680. The summed E-state index contributed by atoms with van der Waals surface area (Å²) in [5.74, 6) is 0.700. The number of hydrogen-bond acceptors (Lipinski definition) is 0. The molecule has 1 unspecified atom stereocenters. The van der Waals surface area contributed by atoms with Crippen molar-refractivity contribution in [2.45, 2.75) is 19.8 Å². The minimum absolute atomic E-state index is 0.700. The molecule has 0 saturated carbocycles. The molecule has 0 spiro atoms. The van der Waals surface area contributed by atoms with E-state index in [1.165, 1.54) is 24.0 Å². The monoisotopic (exact) mass is 134 g/mol. The lowest BCUT2D eigenvalue weighted by Gasteiger charge is -2.02. The van der Waals surface area contributed by atoms with Crippen LogP contribution in [-0.4, -0.2) is 0 Å². The maximum absolute atomic E-state index is 3.79. The van der Waals surface area contributed by atoms with E-state index in [-0.39, 0.29) is 0 Å². The van der Waals surface area contributed by atoms with Crippen LogP contribution < -0.4 is 0 Å². The third-order valence-corrected chi connectivity index (χ3v) is 2.21. The van der Waals surface area contributed by atoms with Gasteiger partial charge in [0.05, 0.1) is 0 Å².